The first kappa shape index (κ1) is 17.3. The van der Waals surface area contributed by atoms with Gasteiger partial charge in [-0.1, -0.05) is 0 Å². The topological polar surface area (TPSA) is 39.7 Å². The molecule has 0 spiro atoms. The summed E-state index contributed by atoms with van der Waals surface area (Å²) in [6, 6.07) is 4.21. The van der Waals surface area contributed by atoms with Gasteiger partial charge in [-0.3, -0.25) is 0 Å². The fraction of sp³-hybridized carbons (Fsp3) is 0.600. The summed E-state index contributed by atoms with van der Waals surface area (Å²) in [7, 11) is 7.02. The zero-order valence-corrected chi connectivity index (χ0v) is 14.4. The lowest BCUT2D eigenvalue weighted by Crippen LogP contribution is -2.19. The van der Waals surface area contributed by atoms with Gasteiger partial charge in [0.25, 0.3) is 0 Å². The van der Waals surface area contributed by atoms with Crippen LogP contribution < -0.4 is 14.8 Å². The number of ether oxygens (including phenoxy) is 3. The summed E-state index contributed by atoms with van der Waals surface area (Å²) < 4.78 is 17.0. The molecule has 0 aliphatic carbocycles. The van der Waals surface area contributed by atoms with Crippen molar-refractivity contribution in [2.75, 3.05) is 28.4 Å². The molecule has 1 aromatic rings. The molecule has 4 nitrogen and oxygen atoms in total. The van der Waals surface area contributed by atoms with E-state index in [1.807, 2.05) is 19.2 Å². The molecule has 0 aliphatic rings. The van der Waals surface area contributed by atoms with Gasteiger partial charge in [-0.2, -0.15) is 0 Å². The van der Waals surface area contributed by atoms with Gasteiger partial charge in [-0.05, 0) is 54.9 Å². The van der Waals surface area contributed by atoms with Crippen molar-refractivity contribution in [2.24, 2.45) is 0 Å². The van der Waals surface area contributed by atoms with Gasteiger partial charge in [-0.15, -0.1) is 0 Å². The lowest BCUT2D eigenvalue weighted by atomic mass is 9.99. The van der Waals surface area contributed by atoms with Crippen LogP contribution >= 0.6 is 15.9 Å². The lowest BCUT2D eigenvalue weighted by Gasteiger charge is -2.22. The molecule has 0 radical (unpaired) electrons. The van der Waals surface area contributed by atoms with E-state index in [2.05, 4.69) is 28.2 Å². The van der Waals surface area contributed by atoms with E-state index in [-0.39, 0.29) is 12.1 Å². The third kappa shape index (κ3) is 4.11. The van der Waals surface area contributed by atoms with Crippen LogP contribution in [0.5, 0.6) is 11.5 Å². The SMILES string of the molecule is CNC(CCC(C)OC)c1ccc(OC)c(Br)c1OC. The minimum atomic E-state index is 0.213. The summed E-state index contributed by atoms with van der Waals surface area (Å²) in [6.07, 6.45) is 2.20. The number of hydrogen-bond donors (Lipinski definition) is 1. The van der Waals surface area contributed by atoms with Crippen molar-refractivity contribution < 1.29 is 14.2 Å². The Labute approximate surface area is 129 Å². The molecule has 1 N–H and O–H groups in total. The fourth-order valence-corrected chi connectivity index (χ4v) is 2.85. The quantitative estimate of drug-likeness (QED) is 0.782. The molecule has 2 unspecified atom stereocenters. The first-order chi connectivity index (χ1) is 9.58. The van der Waals surface area contributed by atoms with Crippen molar-refractivity contribution >= 4 is 15.9 Å². The molecule has 0 heterocycles. The van der Waals surface area contributed by atoms with Gasteiger partial charge < -0.3 is 19.5 Å². The van der Waals surface area contributed by atoms with Crippen LogP contribution in [0.3, 0.4) is 0 Å². The van der Waals surface area contributed by atoms with Crippen LogP contribution in [0.1, 0.15) is 31.4 Å². The molecule has 0 amide bonds. The molecule has 0 saturated heterocycles. The predicted molar refractivity (Wildman–Crippen MR) is 84.8 cm³/mol. The van der Waals surface area contributed by atoms with E-state index < -0.39 is 0 Å². The molecular formula is C15H24BrNO3. The molecule has 0 saturated carbocycles. The fourth-order valence-electron chi connectivity index (χ4n) is 2.17. The Balaban J connectivity index is 3.00. The van der Waals surface area contributed by atoms with Crippen molar-refractivity contribution in [1.82, 2.24) is 5.32 Å². The Morgan fingerprint density at radius 2 is 1.85 bits per heavy atom. The van der Waals surface area contributed by atoms with Gasteiger partial charge in [0.15, 0.2) is 0 Å². The highest BCUT2D eigenvalue weighted by Gasteiger charge is 2.19. The van der Waals surface area contributed by atoms with Crippen molar-refractivity contribution in [2.45, 2.75) is 31.9 Å². The van der Waals surface area contributed by atoms with Gasteiger partial charge in [0.2, 0.25) is 0 Å². The standard InChI is InChI=1S/C15H24BrNO3/c1-10(18-3)6-8-12(17-2)11-7-9-13(19-4)14(16)15(11)20-5/h7,9-10,12,17H,6,8H2,1-5H3. The largest absolute Gasteiger partial charge is 0.495 e. The number of rotatable bonds is 8. The summed E-state index contributed by atoms with van der Waals surface area (Å²) in [5.74, 6) is 1.58. The molecule has 0 aliphatic heterocycles. The summed E-state index contributed by atoms with van der Waals surface area (Å²) in [4.78, 5) is 0. The highest BCUT2D eigenvalue weighted by atomic mass is 79.9. The second-order valence-corrected chi connectivity index (χ2v) is 5.46. The highest BCUT2D eigenvalue weighted by molar-refractivity contribution is 9.10. The Morgan fingerprint density at radius 1 is 1.15 bits per heavy atom. The number of hydrogen-bond acceptors (Lipinski definition) is 4. The van der Waals surface area contributed by atoms with Crippen molar-refractivity contribution in [3.63, 3.8) is 0 Å². The van der Waals surface area contributed by atoms with Crippen LogP contribution in [0.15, 0.2) is 16.6 Å². The van der Waals surface area contributed by atoms with Gasteiger partial charge in [0.05, 0.1) is 20.3 Å². The minimum Gasteiger partial charge on any atom is -0.495 e. The number of methoxy groups -OCH3 is 3. The molecule has 20 heavy (non-hydrogen) atoms. The average Bonchev–Trinajstić information content (AvgIpc) is 2.47. The molecule has 0 bridgehead atoms. The number of benzene rings is 1. The van der Waals surface area contributed by atoms with Crippen LogP contribution in [0, 0.1) is 0 Å². The van der Waals surface area contributed by atoms with Crippen LogP contribution in [0.25, 0.3) is 0 Å². The first-order valence-electron chi connectivity index (χ1n) is 6.69. The Morgan fingerprint density at radius 3 is 2.35 bits per heavy atom. The molecule has 1 aromatic carbocycles. The zero-order chi connectivity index (χ0) is 15.1. The van der Waals surface area contributed by atoms with E-state index >= 15 is 0 Å². The number of halogens is 1. The van der Waals surface area contributed by atoms with Crippen LogP contribution in [0.2, 0.25) is 0 Å². The lowest BCUT2D eigenvalue weighted by molar-refractivity contribution is 0.106. The molecular weight excluding hydrogens is 322 g/mol. The van der Waals surface area contributed by atoms with Gasteiger partial charge >= 0.3 is 0 Å². The molecule has 2 atom stereocenters. The third-order valence-electron chi connectivity index (χ3n) is 3.50. The van der Waals surface area contributed by atoms with Crippen molar-refractivity contribution in [3.05, 3.63) is 22.2 Å². The zero-order valence-electron chi connectivity index (χ0n) is 12.8. The van der Waals surface area contributed by atoms with Crippen LogP contribution in [-0.2, 0) is 4.74 Å². The van der Waals surface area contributed by atoms with Gasteiger partial charge in [0.1, 0.15) is 16.0 Å². The molecule has 0 fully saturated rings. The highest BCUT2D eigenvalue weighted by Crippen LogP contribution is 2.40. The van der Waals surface area contributed by atoms with Crippen molar-refractivity contribution in [3.8, 4) is 11.5 Å². The normalized spacial score (nSPS) is 13.9. The minimum absolute atomic E-state index is 0.213. The van der Waals surface area contributed by atoms with E-state index in [9.17, 15) is 0 Å². The number of nitrogens with one attached hydrogen (secondary N) is 1. The molecule has 0 aromatic heterocycles. The summed E-state index contributed by atoms with van der Waals surface area (Å²) >= 11 is 3.54. The molecule has 1 rings (SSSR count). The van der Waals surface area contributed by atoms with Gasteiger partial charge in [-0.25, -0.2) is 0 Å². The van der Waals surface area contributed by atoms with Crippen LogP contribution in [-0.4, -0.2) is 34.5 Å². The Kier molecular flexibility index (Phi) is 7.34. The van der Waals surface area contributed by atoms with E-state index in [0.717, 1.165) is 34.4 Å². The second-order valence-electron chi connectivity index (χ2n) is 4.67. The maximum Gasteiger partial charge on any atom is 0.141 e. The van der Waals surface area contributed by atoms with E-state index in [4.69, 9.17) is 14.2 Å². The van der Waals surface area contributed by atoms with E-state index in [1.165, 1.54) is 0 Å². The van der Waals surface area contributed by atoms with Crippen molar-refractivity contribution in [1.29, 1.82) is 0 Å². The average molecular weight is 346 g/mol. The first-order valence-corrected chi connectivity index (χ1v) is 7.48. The Bertz CT molecular complexity index is 426. The molecule has 114 valence electrons. The summed E-state index contributed by atoms with van der Waals surface area (Å²) in [6.45, 7) is 2.08. The summed E-state index contributed by atoms with van der Waals surface area (Å²) in [5.41, 5.74) is 1.12. The second kappa shape index (κ2) is 8.49. The van der Waals surface area contributed by atoms with E-state index in [1.54, 1.807) is 21.3 Å². The Hall–Kier alpha value is -0.780. The van der Waals surface area contributed by atoms with Crippen LogP contribution in [0.4, 0.5) is 0 Å². The third-order valence-corrected chi connectivity index (χ3v) is 4.26. The summed E-state index contributed by atoms with van der Waals surface area (Å²) in [5, 5.41) is 3.34. The van der Waals surface area contributed by atoms with E-state index in [0.29, 0.717) is 0 Å². The predicted octanol–water partition coefficient (Wildman–Crippen LogP) is 3.54. The van der Waals surface area contributed by atoms with Gasteiger partial charge in [0, 0.05) is 18.7 Å². The maximum atomic E-state index is 5.54. The molecule has 5 heteroatoms. The monoisotopic (exact) mass is 345 g/mol. The maximum absolute atomic E-state index is 5.54. The smallest absolute Gasteiger partial charge is 0.141 e.